The molecule has 0 saturated heterocycles. The van der Waals surface area contributed by atoms with Crippen LogP contribution in [0, 0.1) is 35.0 Å². The lowest BCUT2D eigenvalue weighted by Gasteiger charge is -2.20. The molecule has 0 bridgehead atoms. The van der Waals surface area contributed by atoms with Gasteiger partial charge < -0.3 is 4.74 Å². The summed E-state index contributed by atoms with van der Waals surface area (Å²) in [6, 6.07) is 12.2. The Labute approximate surface area is 252 Å². The van der Waals surface area contributed by atoms with Crippen LogP contribution in [0.25, 0.3) is 28.3 Å². The van der Waals surface area contributed by atoms with Crippen molar-refractivity contribution in [1.29, 1.82) is 0 Å². The minimum Gasteiger partial charge on any atom is -0.429 e. The standard InChI is InChI=1S/C33H24F7IO/c1-2-3-18-10-19-4-5-20(12-22(19)11-18)21-6-7-25(27(34)13-21)23-14-30(37)32(31(38)15-23)33(39,40)42-24-16-28(35)26(8-9-41)29(36)17-24/h4-9,12-18H,2-3,10-11H2,1H3. The number of ether oxygens (including phenoxy) is 1. The van der Waals surface area contributed by atoms with E-state index in [-0.39, 0.29) is 11.1 Å². The highest BCUT2D eigenvalue weighted by atomic mass is 127. The van der Waals surface area contributed by atoms with Gasteiger partial charge in [0.05, 0.1) is 0 Å². The number of benzene rings is 4. The molecule has 218 valence electrons. The molecule has 0 radical (unpaired) electrons. The van der Waals surface area contributed by atoms with Gasteiger partial charge in [0.1, 0.15) is 40.4 Å². The first-order valence-corrected chi connectivity index (χ1v) is 14.5. The molecule has 0 heterocycles. The van der Waals surface area contributed by atoms with Gasteiger partial charge >= 0.3 is 6.11 Å². The van der Waals surface area contributed by atoms with E-state index in [0.717, 1.165) is 37.3 Å². The quantitative estimate of drug-likeness (QED) is 0.132. The molecule has 0 fully saturated rings. The van der Waals surface area contributed by atoms with Gasteiger partial charge in [0.2, 0.25) is 0 Å². The Hall–Kier alpha value is -3.34. The summed E-state index contributed by atoms with van der Waals surface area (Å²) in [5.74, 6) is -7.02. The van der Waals surface area contributed by atoms with Crippen LogP contribution in [0.3, 0.4) is 0 Å². The van der Waals surface area contributed by atoms with Crippen LogP contribution in [-0.4, -0.2) is 0 Å². The fourth-order valence-electron chi connectivity index (χ4n) is 5.48. The van der Waals surface area contributed by atoms with Gasteiger partial charge in [0.25, 0.3) is 0 Å². The third-order valence-corrected chi connectivity index (χ3v) is 7.75. The number of halogens is 8. The molecule has 1 atom stereocenters. The van der Waals surface area contributed by atoms with E-state index >= 15 is 4.39 Å². The summed E-state index contributed by atoms with van der Waals surface area (Å²) in [6.45, 7) is 2.15. The number of hydrogen-bond donors (Lipinski definition) is 0. The lowest BCUT2D eigenvalue weighted by Crippen LogP contribution is -2.25. The molecule has 0 amide bonds. The van der Waals surface area contributed by atoms with Crippen LogP contribution in [0.2, 0.25) is 0 Å². The molecule has 0 aromatic heterocycles. The summed E-state index contributed by atoms with van der Waals surface area (Å²) in [7, 11) is 0. The molecule has 0 spiro atoms. The van der Waals surface area contributed by atoms with Crippen LogP contribution in [0.5, 0.6) is 5.75 Å². The number of hydrogen-bond acceptors (Lipinski definition) is 1. The van der Waals surface area contributed by atoms with Crippen LogP contribution < -0.4 is 4.74 Å². The van der Waals surface area contributed by atoms with Gasteiger partial charge in [0.15, 0.2) is 0 Å². The first-order valence-electron chi connectivity index (χ1n) is 13.2. The molecule has 0 saturated carbocycles. The van der Waals surface area contributed by atoms with Crippen LogP contribution >= 0.6 is 22.6 Å². The fraction of sp³-hybridized carbons (Fsp3) is 0.212. The molecule has 1 aliphatic rings. The second kappa shape index (κ2) is 12.1. The first-order chi connectivity index (χ1) is 20.0. The van der Waals surface area contributed by atoms with Gasteiger partial charge in [-0.1, -0.05) is 72.7 Å². The van der Waals surface area contributed by atoms with Crippen molar-refractivity contribution in [1.82, 2.24) is 0 Å². The van der Waals surface area contributed by atoms with E-state index in [4.69, 9.17) is 0 Å². The van der Waals surface area contributed by atoms with Crippen molar-refractivity contribution >= 4 is 28.7 Å². The zero-order chi connectivity index (χ0) is 30.2. The van der Waals surface area contributed by atoms with Crippen molar-refractivity contribution < 1.29 is 35.5 Å². The van der Waals surface area contributed by atoms with Gasteiger partial charge in [-0.15, -0.1) is 0 Å². The van der Waals surface area contributed by atoms with Crippen LogP contribution in [0.1, 0.15) is 42.0 Å². The predicted molar refractivity (Wildman–Crippen MR) is 157 cm³/mol. The SMILES string of the molecule is CCCC1Cc2ccc(-c3ccc(-c4cc(F)c(C(F)(F)Oc5cc(F)c(C=CI)c(F)c5)c(F)c4)c(F)c3)cc2C1. The Morgan fingerprint density at radius 1 is 0.762 bits per heavy atom. The number of alkyl halides is 2. The highest BCUT2D eigenvalue weighted by Gasteiger charge is 2.41. The highest BCUT2D eigenvalue weighted by Crippen LogP contribution is 2.39. The van der Waals surface area contributed by atoms with E-state index < -0.39 is 52.1 Å². The number of rotatable bonds is 8. The van der Waals surface area contributed by atoms with Crippen molar-refractivity contribution in [2.24, 2.45) is 5.92 Å². The zero-order valence-corrected chi connectivity index (χ0v) is 24.4. The molecule has 5 rings (SSSR count). The predicted octanol–water partition coefficient (Wildman–Crippen LogP) is 10.8. The molecule has 42 heavy (non-hydrogen) atoms. The summed E-state index contributed by atoms with van der Waals surface area (Å²) in [6.07, 6.45) is 0.656. The topological polar surface area (TPSA) is 9.23 Å². The second-order valence-electron chi connectivity index (χ2n) is 10.3. The van der Waals surface area contributed by atoms with Crippen LogP contribution in [-0.2, 0) is 19.0 Å². The maximum atomic E-state index is 15.2. The summed E-state index contributed by atoms with van der Waals surface area (Å²) in [5.41, 5.74) is 1.09. The smallest absolute Gasteiger partial charge is 0.429 e. The lowest BCUT2D eigenvalue weighted by atomic mass is 9.96. The van der Waals surface area contributed by atoms with Crippen molar-refractivity contribution in [2.45, 2.75) is 38.7 Å². The van der Waals surface area contributed by atoms with E-state index in [1.165, 1.54) is 27.3 Å². The van der Waals surface area contributed by atoms with E-state index in [9.17, 15) is 26.3 Å². The molecule has 9 heteroatoms. The summed E-state index contributed by atoms with van der Waals surface area (Å²) in [5, 5.41) is 0. The maximum absolute atomic E-state index is 15.2. The van der Waals surface area contributed by atoms with E-state index in [0.29, 0.717) is 35.7 Å². The van der Waals surface area contributed by atoms with Crippen molar-refractivity contribution in [3.63, 3.8) is 0 Å². The molecule has 4 aromatic carbocycles. The monoisotopic (exact) mass is 696 g/mol. The molecule has 4 aromatic rings. The van der Waals surface area contributed by atoms with Gasteiger partial charge in [-0.2, -0.15) is 8.78 Å². The van der Waals surface area contributed by atoms with Crippen molar-refractivity contribution in [3.8, 4) is 28.0 Å². The highest BCUT2D eigenvalue weighted by molar-refractivity contribution is 14.1. The summed E-state index contributed by atoms with van der Waals surface area (Å²) >= 11 is 1.72. The Morgan fingerprint density at radius 2 is 1.36 bits per heavy atom. The van der Waals surface area contributed by atoms with E-state index in [2.05, 4.69) is 11.7 Å². The average Bonchev–Trinajstić information content (AvgIpc) is 3.31. The molecule has 1 aliphatic carbocycles. The van der Waals surface area contributed by atoms with Gasteiger partial charge in [-0.25, -0.2) is 22.0 Å². The van der Waals surface area contributed by atoms with Crippen LogP contribution in [0.15, 0.2) is 64.7 Å². The van der Waals surface area contributed by atoms with Crippen LogP contribution in [0.4, 0.5) is 30.7 Å². The molecule has 1 unspecified atom stereocenters. The maximum Gasteiger partial charge on any atom is 0.432 e. The third kappa shape index (κ3) is 6.07. The summed E-state index contributed by atoms with van der Waals surface area (Å²) in [4.78, 5) is 0. The van der Waals surface area contributed by atoms with Crippen molar-refractivity contribution in [3.05, 3.63) is 116 Å². The van der Waals surface area contributed by atoms with Gasteiger partial charge in [-0.05, 0) is 74.9 Å². The zero-order valence-electron chi connectivity index (χ0n) is 22.3. The Kier molecular flexibility index (Phi) is 8.68. The Morgan fingerprint density at radius 3 is 1.98 bits per heavy atom. The van der Waals surface area contributed by atoms with E-state index in [1.807, 2.05) is 18.2 Å². The largest absolute Gasteiger partial charge is 0.432 e. The fourth-order valence-corrected chi connectivity index (χ4v) is 5.84. The first kappa shape index (κ1) is 30.1. The Balaban J connectivity index is 1.41. The molecular weight excluding hydrogens is 672 g/mol. The summed E-state index contributed by atoms with van der Waals surface area (Å²) < 4.78 is 109. The number of fused-ring (bicyclic) bond motifs is 1. The molecule has 1 nitrogen and oxygen atoms in total. The van der Waals surface area contributed by atoms with Gasteiger partial charge in [0, 0.05) is 23.3 Å². The van der Waals surface area contributed by atoms with Crippen molar-refractivity contribution in [2.75, 3.05) is 0 Å². The minimum absolute atomic E-state index is 0.195. The minimum atomic E-state index is -4.64. The molecule has 0 aliphatic heterocycles. The molecule has 0 N–H and O–H groups in total. The lowest BCUT2D eigenvalue weighted by molar-refractivity contribution is -0.189. The average molecular weight is 696 g/mol. The Bertz CT molecular complexity index is 1640. The van der Waals surface area contributed by atoms with E-state index in [1.54, 1.807) is 28.7 Å². The third-order valence-electron chi connectivity index (χ3n) is 7.40. The normalized spacial score (nSPS) is 14.9. The second-order valence-corrected chi connectivity index (χ2v) is 11.0. The molecular formula is C33H24F7IO. The van der Waals surface area contributed by atoms with Gasteiger partial charge in [-0.3, -0.25) is 0 Å².